The molecule has 0 saturated carbocycles. The number of hydrogen-bond acceptors (Lipinski definition) is 4. The van der Waals surface area contributed by atoms with E-state index in [4.69, 9.17) is 19.4 Å². The first-order valence-corrected chi connectivity index (χ1v) is 21.2. The summed E-state index contributed by atoms with van der Waals surface area (Å²) in [7, 11) is 0. The van der Waals surface area contributed by atoms with Gasteiger partial charge in [-0.15, -0.1) is 0 Å². The fourth-order valence-corrected chi connectivity index (χ4v) is 8.92. The first kappa shape index (κ1) is 36.4. The van der Waals surface area contributed by atoms with Gasteiger partial charge in [0.2, 0.25) is 0 Å². The van der Waals surface area contributed by atoms with Gasteiger partial charge in [0.15, 0.2) is 5.82 Å². The highest BCUT2D eigenvalue weighted by atomic mass is 16.3. The van der Waals surface area contributed by atoms with Gasteiger partial charge in [0, 0.05) is 49.2 Å². The summed E-state index contributed by atoms with van der Waals surface area (Å²) in [6.07, 6.45) is 0. The maximum atomic E-state index is 6.55. The Balaban J connectivity index is 0.914. The SMILES string of the molecule is c1ccc(-c2cccc(-c3cc(-c4ccc(-c5ccc(-c6nc7ccccc7c7c6ccc6c8ccccc8oc67)cc5)cc4)nc(-c4cccc(-c5ccccc5)c4)n3)c2)cc1. The van der Waals surface area contributed by atoms with E-state index >= 15 is 0 Å². The third-order valence-electron chi connectivity index (χ3n) is 12.1. The molecule has 12 rings (SSSR count). The van der Waals surface area contributed by atoms with E-state index in [1.54, 1.807) is 0 Å². The number of rotatable bonds is 7. The molecule has 3 aromatic heterocycles. The van der Waals surface area contributed by atoms with Crippen molar-refractivity contribution in [2.24, 2.45) is 0 Å². The molecule has 63 heavy (non-hydrogen) atoms. The molecule has 294 valence electrons. The molecule has 0 spiro atoms. The molecule has 0 unspecified atom stereocenters. The molecular formula is C59H37N3O. The Morgan fingerprint density at radius 2 is 0.778 bits per heavy atom. The lowest BCUT2D eigenvalue weighted by atomic mass is 9.96. The van der Waals surface area contributed by atoms with E-state index < -0.39 is 0 Å². The van der Waals surface area contributed by atoms with Gasteiger partial charge in [-0.1, -0.05) is 188 Å². The average molecular weight is 804 g/mol. The van der Waals surface area contributed by atoms with Crippen molar-refractivity contribution in [3.8, 4) is 78.5 Å². The smallest absolute Gasteiger partial charge is 0.160 e. The minimum absolute atomic E-state index is 0.681. The van der Waals surface area contributed by atoms with Gasteiger partial charge >= 0.3 is 0 Å². The van der Waals surface area contributed by atoms with Crippen molar-refractivity contribution < 1.29 is 4.42 Å². The molecule has 0 fully saturated rings. The molecule has 3 heterocycles. The van der Waals surface area contributed by atoms with Gasteiger partial charge < -0.3 is 4.42 Å². The molecule has 4 nitrogen and oxygen atoms in total. The number of fused-ring (bicyclic) bond motifs is 7. The normalized spacial score (nSPS) is 11.5. The summed E-state index contributed by atoms with van der Waals surface area (Å²) >= 11 is 0. The van der Waals surface area contributed by atoms with Crippen LogP contribution in [0.15, 0.2) is 229 Å². The maximum absolute atomic E-state index is 6.55. The van der Waals surface area contributed by atoms with Crippen molar-refractivity contribution in [3.63, 3.8) is 0 Å². The van der Waals surface area contributed by atoms with Crippen molar-refractivity contribution in [3.05, 3.63) is 224 Å². The van der Waals surface area contributed by atoms with Gasteiger partial charge in [-0.25, -0.2) is 15.0 Å². The van der Waals surface area contributed by atoms with Crippen molar-refractivity contribution in [1.29, 1.82) is 0 Å². The quantitative estimate of drug-likeness (QED) is 0.151. The van der Waals surface area contributed by atoms with E-state index in [1.165, 1.54) is 5.56 Å². The summed E-state index contributed by atoms with van der Waals surface area (Å²) in [6, 6.07) is 78.5. The molecule has 0 N–H and O–H groups in total. The molecule has 0 amide bonds. The standard InChI is InChI=1S/C59H37N3O/c1-3-13-38(14-4-1)44-17-11-19-46(35-44)54-37-53(61-59(62-54)47-20-12-18-45(36-47)39-15-5-2-6-16-39)42-29-25-40(26-30-42)41-27-31-43(32-28-41)57-51-34-33-49-48-21-8-10-24-55(48)63-58(49)56(51)50-22-7-9-23-52(50)60-57/h1-37H. The second-order valence-electron chi connectivity index (χ2n) is 16.0. The van der Waals surface area contributed by atoms with Gasteiger partial charge in [0.05, 0.1) is 22.6 Å². The highest BCUT2D eigenvalue weighted by Crippen LogP contribution is 2.41. The van der Waals surface area contributed by atoms with Crippen molar-refractivity contribution >= 4 is 43.6 Å². The Hall–Kier alpha value is -8.47. The van der Waals surface area contributed by atoms with Crippen molar-refractivity contribution in [1.82, 2.24) is 15.0 Å². The summed E-state index contributed by atoms with van der Waals surface area (Å²) in [5.74, 6) is 0.681. The average Bonchev–Trinajstić information content (AvgIpc) is 3.76. The highest BCUT2D eigenvalue weighted by Gasteiger charge is 2.18. The van der Waals surface area contributed by atoms with E-state index in [2.05, 4.69) is 194 Å². The number of pyridine rings is 1. The summed E-state index contributed by atoms with van der Waals surface area (Å²) in [5, 5.41) is 5.48. The van der Waals surface area contributed by atoms with E-state index in [0.29, 0.717) is 5.82 Å². The van der Waals surface area contributed by atoms with Crippen LogP contribution in [0.5, 0.6) is 0 Å². The van der Waals surface area contributed by atoms with Crippen LogP contribution in [0.1, 0.15) is 0 Å². The van der Waals surface area contributed by atoms with Crippen LogP contribution >= 0.6 is 0 Å². The topological polar surface area (TPSA) is 51.8 Å². The van der Waals surface area contributed by atoms with Crippen LogP contribution in [0.2, 0.25) is 0 Å². The number of furan rings is 1. The van der Waals surface area contributed by atoms with E-state index in [1.807, 2.05) is 30.3 Å². The molecule has 0 aliphatic rings. The lowest BCUT2D eigenvalue weighted by Crippen LogP contribution is -1.96. The van der Waals surface area contributed by atoms with Crippen LogP contribution in [0.3, 0.4) is 0 Å². The Labute approximate surface area is 364 Å². The molecule has 4 heteroatoms. The van der Waals surface area contributed by atoms with Crippen LogP contribution in [0.25, 0.3) is 122 Å². The number of hydrogen-bond donors (Lipinski definition) is 0. The molecule has 0 atom stereocenters. The van der Waals surface area contributed by atoms with Crippen LogP contribution < -0.4 is 0 Å². The zero-order chi connectivity index (χ0) is 41.7. The van der Waals surface area contributed by atoms with E-state index in [0.717, 1.165) is 111 Å². The Morgan fingerprint density at radius 1 is 0.286 bits per heavy atom. The molecular weight excluding hydrogens is 767 g/mol. The lowest BCUT2D eigenvalue weighted by molar-refractivity contribution is 0.673. The van der Waals surface area contributed by atoms with Gasteiger partial charge in [0.1, 0.15) is 11.2 Å². The van der Waals surface area contributed by atoms with Crippen LogP contribution in [-0.2, 0) is 0 Å². The first-order valence-electron chi connectivity index (χ1n) is 21.2. The molecule has 0 radical (unpaired) electrons. The third kappa shape index (κ3) is 6.62. The Kier molecular flexibility index (Phi) is 8.79. The van der Waals surface area contributed by atoms with E-state index in [-0.39, 0.29) is 0 Å². The third-order valence-corrected chi connectivity index (χ3v) is 12.1. The molecule has 12 aromatic rings. The van der Waals surface area contributed by atoms with Gasteiger partial charge in [-0.05, 0) is 69.8 Å². The summed E-state index contributed by atoms with van der Waals surface area (Å²) < 4.78 is 6.55. The van der Waals surface area contributed by atoms with Gasteiger partial charge in [-0.2, -0.15) is 0 Å². The first-order chi connectivity index (χ1) is 31.2. The molecule has 9 aromatic carbocycles. The number of para-hydroxylation sites is 2. The highest BCUT2D eigenvalue weighted by molar-refractivity contribution is 6.24. The van der Waals surface area contributed by atoms with Gasteiger partial charge in [-0.3, -0.25) is 0 Å². The zero-order valence-electron chi connectivity index (χ0n) is 34.1. The van der Waals surface area contributed by atoms with E-state index in [9.17, 15) is 0 Å². The largest absolute Gasteiger partial charge is 0.455 e. The minimum atomic E-state index is 0.681. The predicted octanol–water partition coefficient (Wildman–Crippen LogP) is 15.7. The Morgan fingerprint density at radius 3 is 1.48 bits per heavy atom. The second-order valence-corrected chi connectivity index (χ2v) is 16.0. The fraction of sp³-hybridized carbons (Fsp3) is 0. The maximum Gasteiger partial charge on any atom is 0.160 e. The molecule has 0 aliphatic heterocycles. The zero-order valence-corrected chi connectivity index (χ0v) is 34.1. The Bertz CT molecular complexity index is 3550. The van der Waals surface area contributed by atoms with Crippen LogP contribution in [0, 0.1) is 0 Å². The van der Waals surface area contributed by atoms with Gasteiger partial charge in [0.25, 0.3) is 0 Å². The summed E-state index contributed by atoms with van der Waals surface area (Å²) in [5.41, 5.74) is 16.3. The number of aromatic nitrogens is 3. The molecule has 0 bridgehead atoms. The second kappa shape index (κ2) is 15.2. The summed E-state index contributed by atoms with van der Waals surface area (Å²) in [6.45, 7) is 0. The minimum Gasteiger partial charge on any atom is -0.455 e. The number of nitrogens with zero attached hydrogens (tertiary/aromatic N) is 3. The monoisotopic (exact) mass is 803 g/mol. The lowest BCUT2D eigenvalue weighted by Gasteiger charge is -2.12. The summed E-state index contributed by atoms with van der Waals surface area (Å²) in [4.78, 5) is 15.6. The molecule has 0 saturated heterocycles. The van der Waals surface area contributed by atoms with Crippen LogP contribution in [-0.4, -0.2) is 15.0 Å². The number of benzene rings is 9. The predicted molar refractivity (Wildman–Crippen MR) is 260 cm³/mol. The molecule has 0 aliphatic carbocycles. The van der Waals surface area contributed by atoms with Crippen molar-refractivity contribution in [2.45, 2.75) is 0 Å². The fourth-order valence-electron chi connectivity index (χ4n) is 8.92. The van der Waals surface area contributed by atoms with Crippen LogP contribution in [0.4, 0.5) is 0 Å². The van der Waals surface area contributed by atoms with Crippen molar-refractivity contribution in [2.75, 3.05) is 0 Å².